The Balaban J connectivity index is 2.28. The molecule has 0 unspecified atom stereocenters. The number of benzene rings is 1. The molecular formula is C11H14N2. The summed E-state index contributed by atoms with van der Waals surface area (Å²) in [7, 11) is 0. The average molecular weight is 174 g/mol. The minimum atomic E-state index is 0.500. The molecule has 0 bridgehead atoms. The number of aliphatic imine (C=N–C) groups is 1. The van der Waals surface area contributed by atoms with Gasteiger partial charge in [0.1, 0.15) is 5.84 Å². The molecule has 0 spiro atoms. The molecule has 2 heteroatoms. The summed E-state index contributed by atoms with van der Waals surface area (Å²) in [5, 5.41) is 0. The summed E-state index contributed by atoms with van der Waals surface area (Å²) in [6.07, 6.45) is 2.40. The van der Waals surface area contributed by atoms with E-state index in [-0.39, 0.29) is 0 Å². The Morgan fingerprint density at radius 3 is 2.69 bits per heavy atom. The van der Waals surface area contributed by atoms with Gasteiger partial charge < -0.3 is 5.73 Å². The fraction of sp³-hybridized carbons (Fsp3) is 0.364. The van der Waals surface area contributed by atoms with Crippen LogP contribution < -0.4 is 5.73 Å². The molecule has 1 aliphatic carbocycles. The van der Waals surface area contributed by atoms with Crippen LogP contribution in [0.25, 0.3) is 0 Å². The number of hydrogen-bond acceptors (Lipinski definition) is 1. The number of nitrogens with two attached hydrogens (primary N) is 1. The fourth-order valence-corrected chi connectivity index (χ4v) is 1.33. The highest BCUT2D eigenvalue weighted by atomic mass is 14.9. The molecule has 1 saturated carbocycles. The lowest BCUT2D eigenvalue weighted by atomic mass is 10.1. The van der Waals surface area contributed by atoms with Crippen molar-refractivity contribution in [1.82, 2.24) is 0 Å². The third-order valence-corrected chi connectivity index (χ3v) is 2.29. The van der Waals surface area contributed by atoms with Crippen molar-refractivity contribution < 1.29 is 0 Å². The Kier molecular flexibility index (Phi) is 2.05. The second kappa shape index (κ2) is 3.21. The van der Waals surface area contributed by atoms with E-state index in [1.54, 1.807) is 0 Å². The fourth-order valence-electron chi connectivity index (χ4n) is 1.33. The van der Waals surface area contributed by atoms with Crippen LogP contribution in [0, 0.1) is 6.92 Å². The van der Waals surface area contributed by atoms with Gasteiger partial charge in [-0.1, -0.05) is 24.3 Å². The maximum atomic E-state index is 5.89. The van der Waals surface area contributed by atoms with Gasteiger partial charge in [-0.25, -0.2) is 0 Å². The minimum absolute atomic E-state index is 0.500. The first-order chi connectivity index (χ1) is 6.27. The van der Waals surface area contributed by atoms with Crippen LogP contribution in [-0.2, 0) is 0 Å². The Hall–Kier alpha value is -1.31. The number of nitrogens with zero attached hydrogens (tertiary/aromatic N) is 1. The van der Waals surface area contributed by atoms with E-state index in [9.17, 15) is 0 Å². The smallest absolute Gasteiger partial charge is 0.126 e. The Labute approximate surface area is 78.5 Å². The van der Waals surface area contributed by atoms with E-state index >= 15 is 0 Å². The lowest BCUT2D eigenvalue weighted by Gasteiger charge is -2.03. The molecule has 0 aromatic heterocycles. The second-order valence-corrected chi connectivity index (χ2v) is 3.56. The van der Waals surface area contributed by atoms with Gasteiger partial charge in [0.05, 0.1) is 6.04 Å². The van der Waals surface area contributed by atoms with E-state index < -0.39 is 0 Å². The topological polar surface area (TPSA) is 38.4 Å². The van der Waals surface area contributed by atoms with Crippen LogP contribution in [0.4, 0.5) is 0 Å². The van der Waals surface area contributed by atoms with Crippen LogP contribution in [0.3, 0.4) is 0 Å². The lowest BCUT2D eigenvalue weighted by molar-refractivity contribution is 1.06. The molecule has 2 nitrogen and oxygen atoms in total. The standard InChI is InChI=1S/C11H14N2/c1-8-4-2-3-5-10(8)11(12)13-9-6-7-9/h2-5,9H,6-7H2,1H3,(H2,12,13). The summed E-state index contributed by atoms with van der Waals surface area (Å²) in [6.45, 7) is 2.06. The molecule has 0 heterocycles. The molecule has 13 heavy (non-hydrogen) atoms. The highest BCUT2D eigenvalue weighted by Gasteiger charge is 2.20. The maximum absolute atomic E-state index is 5.89. The molecule has 2 rings (SSSR count). The van der Waals surface area contributed by atoms with E-state index in [2.05, 4.69) is 18.0 Å². The third-order valence-electron chi connectivity index (χ3n) is 2.29. The predicted octanol–water partition coefficient (Wildman–Crippen LogP) is 1.86. The van der Waals surface area contributed by atoms with Crippen LogP contribution in [0.2, 0.25) is 0 Å². The summed E-state index contributed by atoms with van der Waals surface area (Å²) in [5.41, 5.74) is 8.16. The van der Waals surface area contributed by atoms with Gasteiger partial charge in [0.15, 0.2) is 0 Å². The van der Waals surface area contributed by atoms with Crippen molar-refractivity contribution in [2.24, 2.45) is 10.7 Å². The van der Waals surface area contributed by atoms with E-state index in [1.807, 2.05) is 18.2 Å². The van der Waals surface area contributed by atoms with Gasteiger partial charge >= 0.3 is 0 Å². The highest BCUT2D eigenvalue weighted by Crippen LogP contribution is 2.24. The van der Waals surface area contributed by atoms with Gasteiger partial charge in [-0.3, -0.25) is 4.99 Å². The highest BCUT2D eigenvalue weighted by molar-refractivity contribution is 5.98. The van der Waals surface area contributed by atoms with E-state index in [1.165, 1.54) is 18.4 Å². The van der Waals surface area contributed by atoms with Gasteiger partial charge in [0, 0.05) is 5.56 Å². The molecule has 0 saturated heterocycles. The molecule has 1 aromatic rings. The van der Waals surface area contributed by atoms with Crippen molar-refractivity contribution in [3.63, 3.8) is 0 Å². The van der Waals surface area contributed by atoms with Gasteiger partial charge in [-0.05, 0) is 25.3 Å². The normalized spacial score (nSPS) is 17.5. The van der Waals surface area contributed by atoms with Crippen molar-refractivity contribution in [2.45, 2.75) is 25.8 Å². The van der Waals surface area contributed by atoms with Crippen LogP contribution in [0.5, 0.6) is 0 Å². The molecule has 0 atom stereocenters. The van der Waals surface area contributed by atoms with Crippen molar-refractivity contribution in [3.05, 3.63) is 35.4 Å². The van der Waals surface area contributed by atoms with Gasteiger partial charge in [0.2, 0.25) is 0 Å². The zero-order valence-electron chi connectivity index (χ0n) is 7.83. The molecule has 1 aliphatic rings. The molecule has 2 N–H and O–H groups in total. The van der Waals surface area contributed by atoms with Crippen molar-refractivity contribution in [2.75, 3.05) is 0 Å². The van der Waals surface area contributed by atoms with Gasteiger partial charge in [0.25, 0.3) is 0 Å². The molecule has 0 aliphatic heterocycles. The zero-order valence-corrected chi connectivity index (χ0v) is 7.83. The van der Waals surface area contributed by atoms with Crippen LogP contribution in [0.1, 0.15) is 24.0 Å². The summed E-state index contributed by atoms with van der Waals surface area (Å²) in [4.78, 5) is 4.41. The Morgan fingerprint density at radius 2 is 2.08 bits per heavy atom. The van der Waals surface area contributed by atoms with Crippen LogP contribution in [0.15, 0.2) is 29.3 Å². The Morgan fingerprint density at radius 1 is 1.38 bits per heavy atom. The first-order valence-electron chi connectivity index (χ1n) is 4.66. The largest absolute Gasteiger partial charge is 0.383 e. The number of rotatable bonds is 2. The second-order valence-electron chi connectivity index (χ2n) is 3.56. The quantitative estimate of drug-likeness (QED) is 0.539. The van der Waals surface area contributed by atoms with E-state index in [0.717, 1.165) is 5.56 Å². The van der Waals surface area contributed by atoms with Crippen molar-refractivity contribution in [3.8, 4) is 0 Å². The molecule has 0 radical (unpaired) electrons. The minimum Gasteiger partial charge on any atom is -0.383 e. The van der Waals surface area contributed by atoms with E-state index in [0.29, 0.717) is 11.9 Å². The molecule has 68 valence electrons. The predicted molar refractivity (Wildman–Crippen MR) is 54.9 cm³/mol. The van der Waals surface area contributed by atoms with Gasteiger partial charge in [-0.15, -0.1) is 0 Å². The first-order valence-corrected chi connectivity index (χ1v) is 4.66. The maximum Gasteiger partial charge on any atom is 0.126 e. The van der Waals surface area contributed by atoms with Gasteiger partial charge in [-0.2, -0.15) is 0 Å². The molecule has 1 fully saturated rings. The van der Waals surface area contributed by atoms with E-state index in [4.69, 9.17) is 5.73 Å². The Bertz CT molecular complexity index is 338. The average Bonchev–Trinajstić information content (AvgIpc) is 2.89. The summed E-state index contributed by atoms with van der Waals surface area (Å²) >= 11 is 0. The number of hydrogen-bond donors (Lipinski definition) is 1. The number of amidine groups is 1. The van der Waals surface area contributed by atoms with Crippen molar-refractivity contribution >= 4 is 5.84 Å². The summed E-state index contributed by atoms with van der Waals surface area (Å²) < 4.78 is 0. The number of aryl methyl sites for hydroxylation is 1. The SMILES string of the molecule is Cc1ccccc1C(N)=NC1CC1. The molecular weight excluding hydrogens is 160 g/mol. The third kappa shape index (κ3) is 1.89. The van der Waals surface area contributed by atoms with Crippen LogP contribution >= 0.6 is 0 Å². The first kappa shape index (κ1) is 8.30. The zero-order chi connectivity index (χ0) is 9.26. The molecule has 0 amide bonds. The van der Waals surface area contributed by atoms with Crippen LogP contribution in [-0.4, -0.2) is 11.9 Å². The lowest BCUT2D eigenvalue weighted by Crippen LogP contribution is -2.15. The van der Waals surface area contributed by atoms with Crippen molar-refractivity contribution in [1.29, 1.82) is 0 Å². The monoisotopic (exact) mass is 174 g/mol. The molecule has 1 aromatic carbocycles. The summed E-state index contributed by atoms with van der Waals surface area (Å²) in [5.74, 6) is 0.695. The summed E-state index contributed by atoms with van der Waals surface area (Å²) in [6, 6.07) is 8.60.